The fraction of sp³-hybridized carbons (Fsp3) is 0.600. The molecule has 0 aromatic carbocycles. The summed E-state index contributed by atoms with van der Waals surface area (Å²) in [4.78, 5) is 11.4. The number of carbonyl (C=O) groups is 1. The molecule has 0 aliphatic carbocycles. The summed E-state index contributed by atoms with van der Waals surface area (Å²) in [7, 11) is 1.74. The van der Waals surface area contributed by atoms with E-state index in [1.807, 2.05) is 6.92 Å². The first-order valence-corrected chi connectivity index (χ1v) is 4.94. The van der Waals surface area contributed by atoms with Gasteiger partial charge in [-0.1, -0.05) is 0 Å². The summed E-state index contributed by atoms with van der Waals surface area (Å²) in [6.45, 7) is 2.35. The zero-order valence-corrected chi connectivity index (χ0v) is 8.86. The Hall–Kier alpha value is -1.36. The largest absolute Gasteiger partial charge is 0.479 e. The van der Waals surface area contributed by atoms with Crippen molar-refractivity contribution in [1.29, 1.82) is 0 Å². The third-order valence-electron chi connectivity index (χ3n) is 2.87. The van der Waals surface area contributed by atoms with Crippen molar-refractivity contribution in [2.24, 2.45) is 7.05 Å². The van der Waals surface area contributed by atoms with E-state index in [-0.39, 0.29) is 0 Å². The Bertz CT molecular complexity index is 372. The first kappa shape index (κ1) is 10.2. The van der Waals surface area contributed by atoms with Gasteiger partial charge in [0.25, 0.3) is 0 Å². The second kappa shape index (κ2) is 3.34. The van der Waals surface area contributed by atoms with Crippen molar-refractivity contribution >= 4 is 5.97 Å². The SMILES string of the molecule is Cc1cnn(C)c1C1(C(=O)O)CCCO1. The van der Waals surface area contributed by atoms with Gasteiger partial charge in [-0.25, -0.2) is 4.79 Å². The van der Waals surface area contributed by atoms with Crippen molar-refractivity contribution in [1.82, 2.24) is 9.78 Å². The Labute approximate surface area is 87.7 Å². The average Bonchev–Trinajstić information content (AvgIpc) is 2.74. The lowest BCUT2D eigenvalue weighted by molar-refractivity contribution is -0.162. The maximum absolute atomic E-state index is 11.4. The summed E-state index contributed by atoms with van der Waals surface area (Å²) < 4.78 is 7.04. The monoisotopic (exact) mass is 210 g/mol. The minimum atomic E-state index is -1.19. The number of aryl methyl sites for hydroxylation is 2. The molecule has 1 aromatic rings. The molecule has 2 heterocycles. The number of hydrogen-bond acceptors (Lipinski definition) is 3. The highest BCUT2D eigenvalue weighted by Crippen LogP contribution is 2.37. The molecule has 1 atom stereocenters. The first-order valence-electron chi connectivity index (χ1n) is 4.94. The van der Waals surface area contributed by atoms with E-state index in [0.29, 0.717) is 18.7 Å². The number of carboxylic acid groups (broad SMARTS) is 1. The summed E-state index contributed by atoms with van der Waals surface area (Å²) in [5.41, 5.74) is 0.337. The number of rotatable bonds is 2. The molecule has 1 aliphatic rings. The van der Waals surface area contributed by atoms with Gasteiger partial charge in [0.05, 0.1) is 11.9 Å². The smallest absolute Gasteiger partial charge is 0.342 e. The topological polar surface area (TPSA) is 64.4 Å². The molecule has 5 nitrogen and oxygen atoms in total. The third kappa shape index (κ3) is 1.34. The van der Waals surface area contributed by atoms with Crippen molar-refractivity contribution in [3.63, 3.8) is 0 Å². The molecule has 0 amide bonds. The highest BCUT2D eigenvalue weighted by Gasteiger charge is 2.47. The lowest BCUT2D eigenvalue weighted by Gasteiger charge is -2.24. The molecule has 1 aliphatic heterocycles. The van der Waals surface area contributed by atoms with Crippen LogP contribution in [0.1, 0.15) is 24.1 Å². The van der Waals surface area contributed by atoms with Crippen LogP contribution in [-0.2, 0) is 22.2 Å². The number of ether oxygens (including phenoxy) is 1. The summed E-state index contributed by atoms with van der Waals surface area (Å²) in [5, 5.41) is 13.4. The van der Waals surface area contributed by atoms with Crippen LogP contribution >= 0.6 is 0 Å². The molecule has 1 aromatic heterocycles. The van der Waals surface area contributed by atoms with Crippen LogP contribution < -0.4 is 0 Å². The lowest BCUT2D eigenvalue weighted by atomic mass is 9.93. The molecule has 0 saturated carbocycles. The van der Waals surface area contributed by atoms with Crippen LogP contribution in [0, 0.1) is 6.92 Å². The molecular weight excluding hydrogens is 196 g/mol. The van der Waals surface area contributed by atoms with Crippen molar-refractivity contribution in [2.75, 3.05) is 6.61 Å². The van der Waals surface area contributed by atoms with Gasteiger partial charge in [0.15, 0.2) is 0 Å². The zero-order chi connectivity index (χ0) is 11.1. The van der Waals surface area contributed by atoms with E-state index in [0.717, 1.165) is 12.0 Å². The molecule has 0 spiro atoms. The average molecular weight is 210 g/mol. The molecule has 0 radical (unpaired) electrons. The molecule has 15 heavy (non-hydrogen) atoms. The van der Waals surface area contributed by atoms with Gasteiger partial charge in [0, 0.05) is 13.7 Å². The van der Waals surface area contributed by atoms with Crippen LogP contribution in [-0.4, -0.2) is 27.5 Å². The number of hydrogen-bond donors (Lipinski definition) is 1. The number of carboxylic acids is 1. The van der Waals surface area contributed by atoms with Crippen LogP contribution in [0.5, 0.6) is 0 Å². The fourth-order valence-electron chi connectivity index (χ4n) is 2.22. The normalized spacial score (nSPS) is 25.7. The van der Waals surface area contributed by atoms with Crippen LogP contribution in [0.2, 0.25) is 0 Å². The quantitative estimate of drug-likeness (QED) is 0.784. The van der Waals surface area contributed by atoms with Crippen molar-refractivity contribution < 1.29 is 14.6 Å². The summed E-state index contributed by atoms with van der Waals surface area (Å²) in [6.07, 6.45) is 2.96. The van der Waals surface area contributed by atoms with Crippen molar-refractivity contribution in [2.45, 2.75) is 25.4 Å². The van der Waals surface area contributed by atoms with Crippen LogP contribution in [0.25, 0.3) is 0 Å². The second-order valence-corrected chi connectivity index (χ2v) is 3.88. The molecule has 1 fully saturated rings. The Morgan fingerprint density at radius 2 is 2.47 bits per heavy atom. The zero-order valence-electron chi connectivity index (χ0n) is 8.86. The Morgan fingerprint density at radius 3 is 2.87 bits per heavy atom. The molecule has 2 rings (SSSR count). The second-order valence-electron chi connectivity index (χ2n) is 3.88. The number of nitrogens with zero attached hydrogens (tertiary/aromatic N) is 2. The molecular formula is C10H14N2O3. The van der Waals surface area contributed by atoms with Gasteiger partial charge in [-0.15, -0.1) is 0 Å². The Morgan fingerprint density at radius 1 is 1.73 bits per heavy atom. The maximum atomic E-state index is 11.4. The lowest BCUT2D eigenvalue weighted by Crippen LogP contribution is -2.37. The summed E-state index contributed by atoms with van der Waals surface area (Å²) in [5.74, 6) is -0.924. The molecule has 1 saturated heterocycles. The summed E-state index contributed by atoms with van der Waals surface area (Å²) in [6, 6.07) is 0. The maximum Gasteiger partial charge on any atom is 0.342 e. The van der Waals surface area contributed by atoms with E-state index in [1.165, 1.54) is 0 Å². The van der Waals surface area contributed by atoms with E-state index in [1.54, 1.807) is 17.9 Å². The van der Waals surface area contributed by atoms with E-state index in [9.17, 15) is 9.90 Å². The standard InChI is InChI=1S/C10H14N2O3/c1-7-6-11-12(2)8(7)10(9(13)14)4-3-5-15-10/h6H,3-5H2,1-2H3,(H,13,14). The van der Waals surface area contributed by atoms with Crippen molar-refractivity contribution in [3.05, 3.63) is 17.5 Å². The van der Waals surface area contributed by atoms with Crippen LogP contribution in [0.3, 0.4) is 0 Å². The fourth-order valence-corrected chi connectivity index (χ4v) is 2.22. The van der Waals surface area contributed by atoms with Crippen LogP contribution in [0.4, 0.5) is 0 Å². The van der Waals surface area contributed by atoms with Gasteiger partial charge in [0.2, 0.25) is 5.60 Å². The molecule has 0 bridgehead atoms. The van der Waals surface area contributed by atoms with Gasteiger partial charge in [-0.3, -0.25) is 4.68 Å². The number of aliphatic carboxylic acids is 1. The van der Waals surface area contributed by atoms with Gasteiger partial charge < -0.3 is 9.84 Å². The Kier molecular flexibility index (Phi) is 2.26. The molecule has 5 heteroatoms. The predicted molar refractivity (Wildman–Crippen MR) is 52.4 cm³/mol. The predicted octanol–water partition coefficient (Wildman–Crippen LogP) is 0.819. The van der Waals surface area contributed by atoms with Crippen LogP contribution in [0.15, 0.2) is 6.20 Å². The van der Waals surface area contributed by atoms with Gasteiger partial charge in [0.1, 0.15) is 0 Å². The molecule has 1 unspecified atom stereocenters. The minimum Gasteiger partial charge on any atom is -0.479 e. The van der Waals surface area contributed by atoms with Gasteiger partial charge in [-0.05, 0) is 25.3 Å². The molecule has 1 N–H and O–H groups in total. The van der Waals surface area contributed by atoms with E-state index in [4.69, 9.17) is 4.74 Å². The van der Waals surface area contributed by atoms with E-state index in [2.05, 4.69) is 5.10 Å². The van der Waals surface area contributed by atoms with Gasteiger partial charge in [-0.2, -0.15) is 5.10 Å². The Balaban J connectivity index is 2.54. The molecule has 82 valence electrons. The van der Waals surface area contributed by atoms with Crippen molar-refractivity contribution in [3.8, 4) is 0 Å². The third-order valence-corrected chi connectivity index (χ3v) is 2.87. The van der Waals surface area contributed by atoms with E-state index < -0.39 is 11.6 Å². The van der Waals surface area contributed by atoms with Gasteiger partial charge >= 0.3 is 5.97 Å². The van der Waals surface area contributed by atoms with E-state index >= 15 is 0 Å². The number of aromatic nitrogens is 2. The highest BCUT2D eigenvalue weighted by atomic mass is 16.5. The first-order chi connectivity index (χ1) is 7.08. The highest BCUT2D eigenvalue weighted by molar-refractivity contribution is 5.79. The summed E-state index contributed by atoms with van der Waals surface area (Å²) >= 11 is 0. The minimum absolute atomic E-state index is 0.497.